The van der Waals surface area contributed by atoms with E-state index in [0.29, 0.717) is 0 Å². The summed E-state index contributed by atoms with van der Waals surface area (Å²) < 4.78 is 0. The van der Waals surface area contributed by atoms with Crippen molar-refractivity contribution in [3.8, 4) is 11.1 Å². The summed E-state index contributed by atoms with van der Waals surface area (Å²) in [5, 5.41) is 0. The summed E-state index contributed by atoms with van der Waals surface area (Å²) in [7, 11) is -3.55. The van der Waals surface area contributed by atoms with Crippen LogP contribution in [0.15, 0.2) is 0 Å². The van der Waals surface area contributed by atoms with Crippen molar-refractivity contribution in [2.24, 2.45) is 0 Å². The van der Waals surface area contributed by atoms with Crippen LogP contribution in [0.4, 0.5) is 0 Å². The van der Waals surface area contributed by atoms with Gasteiger partial charge in [-0.3, -0.25) is 0 Å². The van der Waals surface area contributed by atoms with Crippen LogP contribution in [0.2, 0.25) is 58.9 Å². The predicted molar refractivity (Wildman–Crippen MR) is 83.6 cm³/mol. The molecular formula is C11H27Si4. The molecule has 0 saturated heterocycles. The van der Waals surface area contributed by atoms with E-state index >= 15 is 0 Å². The van der Waals surface area contributed by atoms with Gasteiger partial charge < -0.3 is 0 Å². The molecule has 1 radical (unpaired) electrons. The zero-order valence-corrected chi connectivity index (χ0v) is 16.0. The van der Waals surface area contributed by atoms with E-state index in [1.54, 1.807) is 0 Å². The van der Waals surface area contributed by atoms with E-state index in [1.165, 1.54) is 0 Å². The number of hydrogen-bond acceptors (Lipinski definition) is 0. The second-order valence-electron chi connectivity index (χ2n) is 7.38. The lowest BCUT2D eigenvalue weighted by Crippen LogP contribution is -2.58. The van der Waals surface area contributed by atoms with Crippen LogP contribution >= 0.6 is 0 Å². The van der Waals surface area contributed by atoms with Crippen LogP contribution in [0.5, 0.6) is 0 Å². The minimum Gasteiger partial charge on any atom is -0.147 e. The van der Waals surface area contributed by atoms with Crippen molar-refractivity contribution in [1.82, 2.24) is 0 Å². The van der Waals surface area contributed by atoms with Crippen LogP contribution < -0.4 is 0 Å². The molecular weight excluding hydrogens is 244 g/mol. The number of hydrogen-bond donors (Lipinski definition) is 0. The normalized spacial score (nSPS) is 13.7. The molecule has 0 amide bonds. The Kier molecular flexibility index (Phi) is 4.87. The fourth-order valence-corrected chi connectivity index (χ4v) is 37.1. The summed E-state index contributed by atoms with van der Waals surface area (Å²) in [5.41, 5.74) is 7.42. The summed E-state index contributed by atoms with van der Waals surface area (Å²) in [5.74, 6) is 0. The number of rotatable bonds is 2. The summed E-state index contributed by atoms with van der Waals surface area (Å²) >= 11 is 0. The molecule has 0 spiro atoms. The molecule has 15 heavy (non-hydrogen) atoms. The Hall–Kier alpha value is 0.428. The van der Waals surface area contributed by atoms with Crippen LogP contribution in [0.25, 0.3) is 0 Å². The average molecular weight is 272 g/mol. The molecule has 0 bridgehead atoms. The lowest BCUT2D eigenvalue weighted by molar-refractivity contribution is 1.80. The lowest BCUT2D eigenvalue weighted by Gasteiger charge is -2.32. The molecule has 0 N–H and O–H groups in total. The van der Waals surface area contributed by atoms with Gasteiger partial charge in [-0.25, -0.2) is 0 Å². The third-order valence-corrected chi connectivity index (χ3v) is 29.8. The van der Waals surface area contributed by atoms with Gasteiger partial charge in [0, 0.05) is 15.2 Å². The van der Waals surface area contributed by atoms with E-state index in [-0.39, 0.29) is 7.83 Å². The summed E-state index contributed by atoms with van der Waals surface area (Å²) in [4.78, 5) is 0. The molecule has 0 saturated carbocycles. The Bertz CT molecular complexity index is 250. The molecule has 0 rings (SSSR count). The molecule has 0 nitrogen and oxygen atoms in total. The van der Waals surface area contributed by atoms with E-state index in [1.807, 2.05) is 0 Å². The maximum Gasteiger partial charge on any atom is 0.128 e. The fourth-order valence-electron chi connectivity index (χ4n) is 1.75. The van der Waals surface area contributed by atoms with Crippen LogP contribution in [0.3, 0.4) is 0 Å². The van der Waals surface area contributed by atoms with Crippen molar-refractivity contribution in [2.75, 3.05) is 0 Å². The highest BCUT2D eigenvalue weighted by Crippen LogP contribution is 2.17. The van der Waals surface area contributed by atoms with Crippen LogP contribution in [-0.2, 0) is 0 Å². The van der Waals surface area contributed by atoms with E-state index in [4.69, 9.17) is 0 Å². The molecule has 0 aromatic rings. The second kappa shape index (κ2) is 4.74. The smallest absolute Gasteiger partial charge is 0.128 e. The largest absolute Gasteiger partial charge is 0.147 e. The molecule has 0 aliphatic heterocycles. The van der Waals surface area contributed by atoms with Crippen molar-refractivity contribution in [3.63, 3.8) is 0 Å². The fraction of sp³-hybridized carbons (Fsp3) is 0.818. The van der Waals surface area contributed by atoms with Gasteiger partial charge in [-0.2, -0.15) is 0 Å². The van der Waals surface area contributed by atoms with Gasteiger partial charge in [0.25, 0.3) is 0 Å². The Balaban J connectivity index is 5.07. The SMILES string of the molecule is C[Si](C)(C)C#C[Si]([Si](C)(C)C)[Si](C)(C)C. The third-order valence-electron chi connectivity index (χ3n) is 2.06. The Morgan fingerprint density at radius 2 is 1.00 bits per heavy atom. The zero-order valence-electron chi connectivity index (χ0n) is 12.0. The van der Waals surface area contributed by atoms with Gasteiger partial charge in [0.05, 0.1) is 0 Å². The van der Waals surface area contributed by atoms with E-state index in [2.05, 4.69) is 70.0 Å². The maximum atomic E-state index is 3.78. The minimum absolute atomic E-state index is 0.357. The molecule has 0 aliphatic carbocycles. The van der Waals surface area contributed by atoms with Crippen molar-refractivity contribution in [2.45, 2.75) is 58.9 Å². The van der Waals surface area contributed by atoms with Gasteiger partial charge in [0.2, 0.25) is 0 Å². The molecule has 0 aromatic heterocycles. The van der Waals surface area contributed by atoms with Gasteiger partial charge in [-0.1, -0.05) is 58.9 Å². The Morgan fingerprint density at radius 1 is 0.667 bits per heavy atom. The van der Waals surface area contributed by atoms with E-state index < -0.39 is 23.3 Å². The van der Waals surface area contributed by atoms with Gasteiger partial charge in [0.15, 0.2) is 0 Å². The van der Waals surface area contributed by atoms with Gasteiger partial charge >= 0.3 is 0 Å². The molecule has 0 heterocycles. The topological polar surface area (TPSA) is 0 Å². The Labute approximate surface area is 101 Å². The van der Waals surface area contributed by atoms with Crippen molar-refractivity contribution >= 4 is 31.1 Å². The summed E-state index contributed by atoms with van der Waals surface area (Å²) in [6.45, 7) is 22.1. The highest BCUT2D eigenvalue weighted by molar-refractivity contribution is 7.62. The van der Waals surface area contributed by atoms with Gasteiger partial charge in [-0.05, 0) is 0 Å². The second-order valence-corrected chi connectivity index (χ2v) is 35.6. The van der Waals surface area contributed by atoms with Gasteiger partial charge in [-0.15, -0.1) is 11.1 Å². The summed E-state index contributed by atoms with van der Waals surface area (Å²) in [6.07, 6.45) is 0. The van der Waals surface area contributed by atoms with E-state index in [0.717, 1.165) is 0 Å². The first kappa shape index (κ1) is 15.4. The maximum absolute atomic E-state index is 3.78. The first-order chi connectivity index (χ1) is 6.34. The van der Waals surface area contributed by atoms with Crippen molar-refractivity contribution in [1.29, 1.82) is 0 Å². The van der Waals surface area contributed by atoms with Gasteiger partial charge in [0.1, 0.15) is 15.9 Å². The average Bonchev–Trinajstić information content (AvgIpc) is 1.75. The van der Waals surface area contributed by atoms with Crippen LogP contribution in [0, 0.1) is 11.1 Å². The highest BCUT2D eigenvalue weighted by Gasteiger charge is 2.38. The lowest BCUT2D eigenvalue weighted by atomic mass is 11.4. The van der Waals surface area contributed by atoms with Crippen molar-refractivity contribution < 1.29 is 0 Å². The third kappa shape index (κ3) is 6.56. The Morgan fingerprint density at radius 3 is 1.20 bits per heavy atom. The molecule has 87 valence electrons. The van der Waals surface area contributed by atoms with Crippen molar-refractivity contribution in [3.05, 3.63) is 0 Å². The molecule has 0 fully saturated rings. The highest BCUT2D eigenvalue weighted by atomic mass is 29.6. The first-order valence-electron chi connectivity index (χ1n) is 5.75. The monoisotopic (exact) mass is 271 g/mol. The van der Waals surface area contributed by atoms with E-state index in [9.17, 15) is 0 Å². The van der Waals surface area contributed by atoms with Crippen LogP contribution in [0.1, 0.15) is 0 Å². The zero-order chi connectivity index (χ0) is 12.5. The molecule has 0 aliphatic rings. The van der Waals surface area contributed by atoms with Crippen LogP contribution in [-0.4, -0.2) is 31.1 Å². The molecule has 4 heteroatoms. The molecule has 0 unspecified atom stereocenters. The first-order valence-corrected chi connectivity index (χ1v) is 19.8. The minimum atomic E-state index is -1.17. The standard InChI is InChI=1S/C11H27Si4/c1-13(2,3)11-10-12(14(4,5)6)15(7,8)9/h1-9H3. The molecule has 0 atom stereocenters. The summed E-state index contributed by atoms with van der Waals surface area (Å²) in [6, 6.07) is 0. The predicted octanol–water partition coefficient (Wildman–Crippen LogP) is 3.73. The molecule has 0 aromatic carbocycles. The quantitative estimate of drug-likeness (QED) is 0.530.